The van der Waals surface area contributed by atoms with Gasteiger partial charge in [-0.2, -0.15) is 0 Å². The Morgan fingerprint density at radius 3 is 1.60 bits per heavy atom. The van der Waals surface area contributed by atoms with Gasteiger partial charge in [-0.3, -0.25) is 57.5 Å². The number of carbonyl (C=O) groups excluding carboxylic acids is 12. The van der Waals surface area contributed by atoms with Crippen LogP contribution in [0.25, 0.3) is 0 Å². The standard InChI is InChI=1S/C70H109N11O13.CH4/c1-19-44(8)60-63(87)72-51(66(90)76(14)52(38-49-29-23-20-24-30-49)56(83)37-45(9)64(88)81-33-27-22-28-34-81)40-57(84)71-46(10)65(89)78(16)55(39-50-31-25-21-26-32-50)67(91)77(15)53(35-41(2)3)62(86)74-59(48(12)82)70(94)75(13)47(11)61(85)73-58(43(6)7)69(93)79(17)54(36-42(4)5)68(92)80(60)18;/h20-21,23-26,29-32,41-48,51-55,58-60,82H,19,22,27-28,33-40H2,1-18H3,(H,71,84)(H,72,87)(H,73,85)(H,74,86);1H4/t44-,45+,46-,47-,48+,51-,52-,53-,54-,55-,58-,59-,60-;/m0./s1. The Hall–Kier alpha value is -7.76. The van der Waals surface area contributed by atoms with Crippen molar-refractivity contribution in [3.63, 3.8) is 0 Å². The Labute approximate surface area is 564 Å². The van der Waals surface area contributed by atoms with Crippen molar-refractivity contribution in [2.24, 2.45) is 29.6 Å². The second-order valence-corrected chi connectivity index (χ2v) is 27.4. The molecule has 0 aromatic heterocycles. The van der Waals surface area contributed by atoms with Crippen LogP contribution < -0.4 is 21.3 Å². The van der Waals surface area contributed by atoms with E-state index in [-0.39, 0.29) is 57.3 Å². The van der Waals surface area contributed by atoms with Crippen LogP contribution in [0.4, 0.5) is 0 Å². The number of benzene rings is 2. The summed E-state index contributed by atoms with van der Waals surface area (Å²) in [7, 11) is 8.27. The zero-order valence-electron chi connectivity index (χ0n) is 59.0. The van der Waals surface area contributed by atoms with E-state index in [1.54, 1.807) is 100 Å². The molecule has 0 aliphatic carbocycles. The van der Waals surface area contributed by atoms with E-state index in [4.69, 9.17) is 0 Å². The van der Waals surface area contributed by atoms with Crippen molar-refractivity contribution in [3.05, 3.63) is 71.8 Å². The predicted molar refractivity (Wildman–Crippen MR) is 364 cm³/mol. The highest BCUT2D eigenvalue weighted by molar-refractivity contribution is 6.01. The van der Waals surface area contributed by atoms with Crippen molar-refractivity contribution in [3.8, 4) is 0 Å². The first-order valence-corrected chi connectivity index (χ1v) is 33.4. The first kappa shape index (κ1) is 81.5. The number of Topliss-reactive ketones (excluding diaryl/α,β-unsaturated/α-hetero) is 1. The minimum atomic E-state index is -1.76. The van der Waals surface area contributed by atoms with Crippen molar-refractivity contribution in [2.75, 3.05) is 55.4 Å². The van der Waals surface area contributed by atoms with Gasteiger partial charge in [0.2, 0.25) is 65.0 Å². The normalized spacial score (nSPS) is 24.8. The number of ketones is 1. The summed E-state index contributed by atoms with van der Waals surface area (Å²) in [6.45, 7) is 21.1. The Morgan fingerprint density at radius 2 is 1.07 bits per heavy atom. The summed E-state index contributed by atoms with van der Waals surface area (Å²) < 4.78 is 0. The summed E-state index contributed by atoms with van der Waals surface area (Å²) in [5, 5.41) is 22.1. The second kappa shape index (κ2) is 37.5. The van der Waals surface area contributed by atoms with Gasteiger partial charge >= 0.3 is 0 Å². The van der Waals surface area contributed by atoms with Crippen LogP contribution >= 0.6 is 0 Å². The maximum absolute atomic E-state index is 15.5. The molecule has 0 unspecified atom stereocenters. The molecule has 2 aromatic rings. The van der Waals surface area contributed by atoms with E-state index in [9.17, 15) is 43.5 Å². The van der Waals surface area contributed by atoms with Crippen LogP contribution in [-0.4, -0.2) is 232 Å². The van der Waals surface area contributed by atoms with Crippen LogP contribution in [0.5, 0.6) is 0 Å². The minimum absolute atomic E-state index is 0. The molecule has 0 spiro atoms. The molecule has 95 heavy (non-hydrogen) atoms. The summed E-state index contributed by atoms with van der Waals surface area (Å²) in [6, 6.07) is 3.87. The first-order valence-electron chi connectivity index (χ1n) is 33.4. The predicted octanol–water partition coefficient (Wildman–Crippen LogP) is 4.24. The Balaban J connectivity index is 0.0000235. The molecule has 2 aromatic carbocycles. The van der Waals surface area contributed by atoms with Gasteiger partial charge < -0.3 is 60.7 Å². The molecule has 5 N–H and O–H groups in total. The van der Waals surface area contributed by atoms with Crippen LogP contribution in [0.1, 0.15) is 153 Å². The fourth-order valence-corrected chi connectivity index (χ4v) is 12.3. The number of hydrogen-bond acceptors (Lipinski definition) is 13. The number of carbonyl (C=O) groups is 12. The molecule has 2 aliphatic rings. The highest BCUT2D eigenvalue weighted by Gasteiger charge is 2.45. The van der Waals surface area contributed by atoms with Crippen molar-refractivity contribution >= 4 is 70.8 Å². The number of piperidine rings is 1. The molecule has 2 fully saturated rings. The molecule has 24 heteroatoms. The van der Waals surface area contributed by atoms with E-state index in [1.165, 1.54) is 77.8 Å². The molecule has 2 aliphatic heterocycles. The van der Waals surface area contributed by atoms with E-state index >= 15 is 19.2 Å². The molecular formula is C71H113N11O13. The number of hydrogen-bond donors (Lipinski definition) is 5. The molecule has 2 heterocycles. The summed E-state index contributed by atoms with van der Waals surface area (Å²) in [4.78, 5) is 187. The van der Waals surface area contributed by atoms with Gasteiger partial charge in [-0.15, -0.1) is 0 Å². The average molecular weight is 1330 g/mol. The van der Waals surface area contributed by atoms with Gasteiger partial charge in [0.15, 0.2) is 5.78 Å². The number of nitrogens with zero attached hydrogens (tertiary/aromatic N) is 7. The highest BCUT2D eigenvalue weighted by Crippen LogP contribution is 2.25. The molecule has 24 nitrogen and oxygen atoms in total. The lowest BCUT2D eigenvalue weighted by Crippen LogP contribution is -2.63. The largest absolute Gasteiger partial charge is 0.391 e. The summed E-state index contributed by atoms with van der Waals surface area (Å²) >= 11 is 0. The minimum Gasteiger partial charge on any atom is -0.391 e. The van der Waals surface area contributed by atoms with E-state index in [0.717, 1.165) is 34.0 Å². The van der Waals surface area contributed by atoms with Gasteiger partial charge in [-0.05, 0) is 94.1 Å². The van der Waals surface area contributed by atoms with Gasteiger partial charge in [-0.1, -0.05) is 137 Å². The topological polar surface area (TPSA) is 296 Å². The van der Waals surface area contributed by atoms with Gasteiger partial charge in [0.25, 0.3) is 0 Å². The molecule has 0 bridgehead atoms. The van der Waals surface area contributed by atoms with Crippen molar-refractivity contribution in [2.45, 2.75) is 221 Å². The van der Waals surface area contributed by atoms with Crippen LogP contribution in [0, 0.1) is 29.6 Å². The second-order valence-electron chi connectivity index (χ2n) is 27.4. The molecule has 13 atom stereocenters. The zero-order chi connectivity index (χ0) is 70.7. The SMILES string of the molecule is C.CC[C@H](C)[C@H]1C(=O)N[C@H](C(=O)N(C)[C@@H](Cc2ccccc2)C(=O)C[C@@H](C)C(=O)N2CCCCC2)CC(=O)N[C@@H](C)C(=O)N(C)[C@@H](Cc2ccccc2)C(=O)N(C)[C@@H](CC(C)C)C(=O)N[C@@H]([C@@H](C)O)C(=O)N(C)[C@@H](C)C(=O)N[C@@H](C(C)C)C(=O)N(C)[C@@H](CC(C)C)C(=O)N1C. The van der Waals surface area contributed by atoms with Crippen molar-refractivity contribution in [1.82, 2.24) is 55.6 Å². The van der Waals surface area contributed by atoms with Crippen LogP contribution in [0.3, 0.4) is 0 Å². The lowest BCUT2D eigenvalue weighted by molar-refractivity contribution is -0.152. The maximum Gasteiger partial charge on any atom is 0.248 e. The number of aliphatic hydroxyl groups is 1. The monoisotopic (exact) mass is 1330 g/mol. The molecule has 0 radical (unpaired) electrons. The highest BCUT2D eigenvalue weighted by atomic mass is 16.3. The smallest absolute Gasteiger partial charge is 0.248 e. The summed E-state index contributed by atoms with van der Waals surface area (Å²) in [5.74, 6) is -11.0. The molecule has 530 valence electrons. The lowest BCUT2D eigenvalue weighted by atomic mass is 9.92. The number of likely N-dealkylation sites (tertiary alicyclic amines) is 1. The fraction of sp³-hybridized carbons (Fsp3) is 0.662. The number of amides is 11. The Morgan fingerprint density at radius 1 is 0.579 bits per heavy atom. The molecular weight excluding hydrogens is 1210 g/mol. The molecule has 4 rings (SSSR count). The summed E-state index contributed by atoms with van der Waals surface area (Å²) in [6.07, 6.45) is 0.468. The third-order valence-electron chi connectivity index (χ3n) is 18.6. The molecule has 2 saturated heterocycles. The number of rotatable bonds is 18. The summed E-state index contributed by atoms with van der Waals surface area (Å²) in [5.41, 5.74) is 1.31. The van der Waals surface area contributed by atoms with Gasteiger partial charge in [0.05, 0.1) is 18.6 Å². The van der Waals surface area contributed by atoms with Gasteiger partial charge in [0.1, 0.15) is 54.4 Å². The van der Waals surface area contributed by atoms with Gasteiger partial charge in [-0.25, -0.2) is 0 Å². The average Bonchev–Trinajstić information content (AvgIpc) is 0.825. The van der Waals surface area contributed by atoms with E-state index in [1.807, 2.05) is 27.7 Å². The number of nitrogens with one attached hydrogen (secondary N) is 4. The zero-order valence-corrected chi connectivity index (χ0v) is 59.0. The van der Waals surface area contributed by atoms with E-state index < -0.39 is 156 Å². The van der Waals surface area contributed by atoms with Crippen molar-refractivity contribution in [1.29, 1.82) is 0 Å². The fourth-order valence-electron chi connectivity index (χ4n) is 12.3. The van der Waals surface area contributed by atoms with Crippen LogP contribution in [0.15, 0.2) is 60.7 Å². The number of aliphatic hydroxyl groups excluding tert-OH is 1. The quantitative estimate of drug-likeness (QED) is 0.140. The number of likely N-dealkylation sites (N-methyl/N-ethyl adjacent to an activating group) is 6. The van der Waals surface area contributed by atoms with E-state index in [2.05, 4.69) is 21.3 Å². The third-order valence-corrected chi connectivity index (χ3v) is 18.6. The Bertz CT molecular complexity index is 2940. The van der Waals surface area contributed by atoms with Crippen molar-refractivity contribution < 1.29 is 62.6 Å². The molecule has 11 amide bonds. The third kappa shape index (κ3) is 22.1. The van der Waals surface area contributed by atoms with Crippen LogP contribution in [-0.2, 0) is 70.4 Å². The van der Waals surface area contributed by atoms with Gasteiger partial charge in [0, 0.05) is 74.1 Å². The lowest BCUT2D eigenvalue weighted by Gasteiger charge is -2.39. The van der Waals surface area contributed by atoms with E-state index in [0.29, 0.717) is 30.6 Å². The Kier molecular flexibility index (Phi) is 32.2. The maximum atomic E-state index is 15.5. The van der Waals surface area contributed by atoms with Crippen LogP contribution in [0.2, 0.25) is 0 Å². The first-order chi connectivity index (χ1) is 44.1. The molecule has 0 saturated carbocycles.